The van der Waals surface area contributed by atoms with Crippen LogP contribution in [0.25, 0.3) is 0 Å². The number of phenolic OH excluding ortho intramolecular Hbond substituents is 1. The van der Waals surface area contributed by atoms with E-state index in [0.717, 1.165) is 0 Å². The topological polar surface area (TPSA) is 136 Å². The van der Waals surface area contributed by atoms with E-state index in [9.17, 15) is 9.90 Å². The molecule has 1 aromatic carbocycles. The molecule has 0 aliphatic heterocycles. The van der Waals surface area contributed by atoms with Crippen molar-refractivity contribution in [2.24, 2.45) is 5.73 Å². The lowest BCUT2D eigenvalue weighted by Gasteiger charge is -2.09. The van der Waals surface area contributed by atoms with Crippen LogP contribution in [0.2, 0.25) is 0 Å². The summed E-state index contributed by atoms with van der Waals surface area (Å²) in [5.74, 6) is -1.29. The Morgan fingerprint density at radius 3 is 2.20 bits per heavy atom. The van der Waals surface area contributed by atoms with E-state index in [2.05, 4.69) is 0 Å². The van der Waals surface area contributed by atoms with E-state index in [1.807, 2.05) is 0 Å². The van der Waals surface area contributed by atoms with Crippen LogP contribution in [-0.2, 0) is 11.2 Å². The summed E-state index contributed by atoms with van der Waals surface area (Å²) in [5, 5.41) is 17.9. The Kier molecular flexibility index (Phi) is 3.01. The number of aliphatic carboxylic acids is 1. The lowest BCUT2D eigenvalue weighted by molar-refractivity contribution is -0.138. The average molecular weight is 211 g/mol. The molecule has 6 heteroatoms. The number of carboxylic acids is 1. The minimum absolute atomic E-state index is 0.114. The zero-order chi connectivity index (χ0) is 11.6. The fourth-order valence-electron chi connectivity index (χ4n) is 1.20. The minimum Gasteiger partial charge on any atom is -0.504 e. The smallest absolute Gasteiger partial charge is 0.320 e. The molecule has 0 amide bonds. The van der Waals surface area contributed by atoms with E-state index >= 15 is 0 Å². The number of nitrogens with two attached hydrogens (primary N) is 3. The normalized spacial score (nSPS) is 12.3. The maximum atomic E-state index is 10.5. The van der Waals surface area contributed by atoms with E-state index in [1.165, 1.54) is 12.1 Å². The first-order valence-electron chi connectivity index (χ1n) is 4.27. The van der Waals surface area contributed by atoms with Crippen molar-refractivity contribution in [2.45, 2.75) is 12.5 Å². The second-order valence-corrected chi connectivity index (χ2v) is 3.27. The monoisotopic (exact) mass is 211 g/mol. The highest BCUT2D eigenvalue weighted by atomic mass is 16.4. The fourth-order valence-corrected chi connectivity index (χ4v) is 1.20. The van der Waals surface area contributed by atoms with Gasteiger partial charge in [-0.3, -0.25) is 4.79 Å². The van der Waals surface area contributed by atoms with E-state index < -0.39 is 12.0 Å². The molecular weight excluding hydrogens is 198 g/mol. The van der Waals surface area contributed by atoms with Crippen molar-refractivity contribution < 1.29 is 15.0 Å². The van der Waals surface area contributed by atoms with Crippen molar-refractivity contribution in [1.29, 1.82) is 0 Å². The number of anilines is 2. The summed E-state index contributed by atoms with van der Waals surface area (Å²) >= 11 is 0. The second-order valence-electron chi connectivity index (χ2n) is 3.27. The number of benzene rings is 1. The molecule has 0 heterocycles. The van der Waals surface area contributed by atoms with Crippen LogP contribution in [0.15, 0.2) is 12.1 Å². The van der Waals surface area contributed by atoms with Gasteiger partial charge >= 0.3 is 5.97 Å². The molecule has 0 radical (unpaired) electrons. The minimum atomic E-state index is -1.10. The molecule has 6 nitrogen and oxygen atoms in total. The Morgan fingerprint density at radius 1 is 1.33 bits per heavy atom. The largest absolute Gasteiger partial charge is 0.504 e. The Balaban J connectivity index is 2.92. The highest BCUT2D eigenvalue weighted by Gasteiger charge is 2.13. The Bertz CT molecular complexity index is 369. The predicted octanol–water partition coefficient (Wildman–Crippen LogP) is -0.489. The zero-order valence-electron chi connectivity index (χ0n) is 7.97. The molecular formula is C9H13N3O3. The number of hydrogen-bond donors (Lipinski definition) is 5. The summed E-state index contributed by atoms with van der Waals surface area (Å²) in [5.41, 5.74) is 17.1. The van der Waals surface area contributed by atoms with Gasteiger partial charge in [-0.1, -0.05) is 0 Å². The summed E-state index contributed by atoms with van der Waals surface area (Å²) in [7, 11) is 0. The van der Waals surface area contributed by atoms with Gasteiger partial charge in [-0.05, 0) is 24.1 Å². The molecule has 8 N–H and O–H groups in total. The van der Waals surface area contributed by atoms with E-state index in [4.69, 9.17) is 22.3 Å². The van der Waals surface area contributed by atoms with Crippen molar-refractivity contribution in [3.05, 3.63) is 17.7 Å². The molecule has 0 fully saturated rings. The molecule has 0 bridgehead atoms. The zero-order valence-corrected chi connectivity index (χ0v) is 7.97. The van der Waals surface area contributed by atoms with Crippen molar-refractivity contribution in [2.75, 3.05) is 11.5 Å². The third-order valence-electron chi connectivity index (χ3n) is 2.00. The van der Waals surface area contributed by atoms with Gasteiger partial charge in [0.05, 0.1) is 11.4 Å². The van der Waals surface area contributed by atoms with Gasteiger partial charge < -0.3 is 27.4 Å². The summed E-state index contributed by atoms with van der Waals surface area (Å²) in [6.07, 6.45) is 0.115. The van der Waals surface area contributed by atoms with Crippen molar-refractivity contribution >= 4 is 17.3 Å². The first-order chi connectivity index (χ1) is 6.91. The summed E-state index contributed by atoms with van der Waals surface area (Å²) in [4.78, 5) is 10.5. The standard InChI is InChI=1S/C9H13N3O3/c10-5-1-4(2-6(11)8(5)13)3-7(12)9(14)15/h1-2,7,13H,3,10-12H2,(H,14,15)/t7-/m1/s1. The van der Waals surface area contributed by atoms with Crippen LogP contribution >= 0.6 is 0 Å². The van der Waals surface area contributed by atoms with Crippen molar-refractivity contribution in [3.63, 3.8) is 0 Å². The van der Waals surface area contributed by atoms with Gasteiger partial charge in [0, 0.05) is 0 Å². The number of carboxylic acid groups (broad SMARTS) is 1. The van der Waals surface area contributed by atoms with E-state index in [-0.39, 0.29) is 23.5 Å². The van der Waals surface area contributed by atoms with Gasteiger partial charge in [-0.15, -0.1) is 0 Å². The number of hydrogen-bond acceptors (Lipinski definition) is 5. The molecule has 0 unspecified atom stereocenters. The molecule has 15 heavy (non-hydrogen) atoms. The summed E-state index contributed by atoms with van der Waals surface area (Å²) in [6, 6.07) is 1.90. The number of phenols is 1. The van der Waals surface area contributed by atoms with Crippen LogP contribution < -0.4 is 17.2 Å². The van der Waals surface area contributed by atoms with Gasteiger partial charge in [-0.25, -0.2) is 0 Å². The molecule has 1 aromatic rings. The van der Waals surface area contributed by atoms with Crippen LogP contribution in [0.5, 0.6) is 5.75 Å². The maximum Gasteiger partial charge on any atom is 0.320 e. The highest BCUT2D eigenvalue weighted by Crippen LogP contribution is 2.29. The van der Waals surface area contributed by atoms with E-state index in [1.54, 1.807) is 0 Å². The number of nitrogen functional groups attached to an aromatic ring is 2. The molecule has 0 spiro atoms. The molecule has 0 aliphatic carbocycles. The lowest BCUT2D eigenvalue weighted by atomic mass is 10.0. The van der Waals surface area contributed by atoms with Crippen LogP contribution in [0.3, 0.4) is 0 Å². The molecule has 0 saturated carbocycles. The lowest BCUT2D eigenvalue weighted by Crippen LogP contribution is -2.32. The Labute approximate surface area is 86.3 Å². The average Bonchev–Trinajstić information content (AvgIpc) is 2.13. The maximum absolute atomic E-state index is 10.5. The quantitative estimate of drug-likeness (QED) is 0.338. The molecule has 82 valence electrons. The number of carbonyl (C=O) groups is 1. The van der Waals surface area contributed by atoms with Crippen LogP contribution in [0, 0.1) is 0 Å². The molecule has 0 aliphatic rings. The van der Waals surface area contributed by atoms with Gasteiger partial charge in [0.25, 0.3) is 0 Å². The highest BCUT2D eigenvalue weighted by molar-refractivity contribution is 5.74. The Hall–Kier alpha value is -1.95. The molecule has 1 atom stereocenters. The van der Waals surface area contributed by atoms with Crippen LogP contribution in [0.4, 0.5) is 11.4 Å². The second kappa shape index (κ2) is 4.05. The van der Waals surface area contributed by atoms with E-state index in [0.29, 0.717) is 5.56 Å². The molecule has 0 aromatic heterocycles. The fraction of sp³-hybridized carbons (Fsp3) is 0.222. The Morgan fingerprint density at radius 2 is 1.80 bits per heavy atom. The van der Waals surface area contributed by atoms with Gasteiger partial charge in [-0.2, -0.15) is 0 Å². The first kappa shape index (κ1) is 11.1. The summed E-state index contributed by atoms with van der Waals surface area (Å²) in [6.45, 7) is 0. The first-order valence-corrected chi connectivity index (χ1v) is 4.27. The SMILES string of the molecule is Nc1cc(C[C@@H](N)C(=O)O)cc(N)c1O. The van der Waals surface area contributed by atoms with Crippen molar-refractivity contribution in [3.8, 4) is 5.75 Å². The summed E-state index contributed by atoms with van der Waals surface area (Å²) < 4.78 is 0. The number of aromatic hydroxyl groups is 1. The van der Waals surface area contributed by atoms with Crippen molar-refractivity contribution in [1.82, 2.24) is 0 Å². The van der Waals surface area contributed by atoms with Gasteiger partial charge in [0.2, 0.25) is 0 Å². The van der Waals surface area contributed by atoms with Gasteiger partial charge in [0.1, 0.15) is 6.04 Å². The van der Waals surface area contributed by atoms with Crippen LogP contribution in [0.1, 0.15) is 5.56 Å². The molecule has 1 rings (SSSR count). The van der Waals surface area contributed by atoms with Gasteiger partial charge in [0.15, 0.2) is 5.75 Å². The molecule has 0 saturated heterocycles. The number of rotatable bonds is 3. The predicted molar refractivity (Wildman–Crippen MR) is 56.2 cm³/mol. The third-order valence-corrected chi connectivity index (χ3v) is 2.00. The third kappa shape index (κ3) is 2.50. The van der Waals surface area contributed by atoms with Crippen LogP contribution in [-0.4, -0.2) is 22.2 Å².